The minimum absolute atomic E-state index is 0.124. The molecule has 2 aromatic rings. The van der Waals surface area contributed by atoms with Gasteiger partial charge in [-0.1, -0.05) is 6.07 Å². The van der Waals surface area contributed by atoms with E-state index in [0.717, 1.165) is 5.01 Å². The predicted molar refractivity (Wildman–Crippen MR) is 81.9 cm³/mol. The van der Waals surface area contributed by atoms with Crippen molar-refractivity contribution < 1.29 is 15.0 Å². The van der Waals surface area contributed by atoms with Gasteiger partial charge in [-0.05, 0) is 25.5 Å². The SMILES string of the molecule is CCN(CCc1nccs1)C(=O)c1ccc(C)c(O)c1O. The first-order valence-electron chi connectivity index (χ1n) is 6.73. The van der Waals surface area contributed by atoms with Crippen molar-refractivity contribution in [2.24, 2.45) is 0 Å². The molecule has 0 aliphatic carbocycles. The van der Waals surface area contributed by atoms with Crippen molar-refractivity contribution in [1.29, 1.82) is 0 Å². The second-order valence-electron chi connectivity index (χ2n) is 4.69. The average Bonchev–Trinajstić information content (AvgIpc) is 2.98. The predicted octanol–water partition coefficient (Wildman–Crippen LogP) is 2.57. The second-order valence-corrected chi connectivity index (χ2v) is 5.67. The van der Waals surface area contributed by atoms with Crippen molar-refractivity contribution in [3.63, 3.8) is 0 Å². The van der Waals surface area contributed by atoms with E-state index in [0.29, 0.717) is 25.1 Å². The number of nitrogens with zero attached hydrogens (tertiary/aromatic N) is 2. The third-order valence-electron chi connectivity index (χ3n) is 3.33. The van der Waals surface area contributed by atoms with Crippen LogP contribution in [0.15, 0.2) is 23.7 Å². The summed E-state index contributed by atoms with van der Waals surface area (Å²) in [6, 6.07) is 3.16. The number of carbonyl (C=O) groups excluding carboxylic acids is 1. The fraction of sp³-hybridized carbons (Fsp3) is 0.333. The smallest absolute Gasteiger partial charge is 0.257 e. The van der Waals surface area contributed by atoms with Gasteiger partial charge in [0.1, 0.15) is 0 Å². The fourth-order valence-electron chi connectivity index (χ4n) is 2.03. The Labute approximate surface area is 127 Å². The molecule has 1 aromatic carbocycles. The van der Waals surface area contributed by atoms with Crippen LogP contribution >= 0.6 is 11.3 Å². The summed E-state index contributed by atoms with van der Waals surface area (Å²) in [7, 11) is 0. The van der Waals surface area contributed by atoms with E-state index in [9.17, 15) is 15.0 Å². The molecule has 1 heterocycles. The van der Waals surface area contributed by atoms with Crippen LogP contribution in [0.25, 0.3) is 0 Å². The summed E-state index contributed by atoms with van der Waals surface area (Å²) in [5, 5.41) is 22.5. The number of rotatable bonds is 5. The number of carbonyl (C=O) groups is 1. The van der Waals surface area contributed by atoms with Crippen LogP contribution in [0.2, 0.25) is 0 Å². The van der Waals surface area contributed by atoms with Crippen LogP contribution < -0.4 is 0 Å². The van der Waals surface area contributed by atoms with Gasteiger partial charge < -0.3 is 15.1 Å². The van der Waals surface area contributed by atoms with Crippen LogP contribution in [-0.2, 0) is 6.42 Å². The van der Waals surface area contributed by atoms with Crippen molar-refractivity contribution in [1.82, 2.24) is 9.88 Å². The Bertz CT molecular complexity index is 626. The summed E-state index contributed by atoms with van der Waals surface area (Å²) in [5.41, 5.74) is 0.661. The van der Waals surface area contributed by atoms with Gasteiger partial charge in [0, 0.05) is 31.1 Å². The van der Waals surface area contributed by atoms with Gasteiger partial charge in [-0.3, -0.25) is 4.79 Å². The second kappa shape index (κ2) is 6.58. The van der Waals surface area contributed by atoms with Gasteiger partial charge in [0.25, 0.3) is 5.91 Å². The molecule has 0 radical (unpaired) electrons. The van der Waals surface area contributed by atoms with Gasteiger partial charge in [0.2, 0.25) is 0 Å². The van der Waals surface area contributed by atoms with Gasteiger partial charge in [-0.25, -0.2) is 4.98 Å². The molecule has 0 aliphatic heterocycles. The average molecular weight is 306 g/mol. The van der Waals surface area contributed by atoms with Gasteiger partial charge in [-0.2, -0.15) is 0 Å². The number of aromatic nitrogens is 1. The van der Waals surface area contributed by atoms with Gasteiger partial charge >= 0.3 is 0 Å². The number of phenolic OH excluding ortho intramolecular Hbond substituents is 2. The third kappa shape index (κ3) is 3.33. The lowest BCUT2D eigenvalue weighted by Crippen LogP contribution is -2.32. The molecule has 0 fully saturated rings. The lowest BCUT2D eigenvalue weighted by atomic mass is 10.1. The molecule has 0 spiro atoms. The largest absolute Gasteiger partial charge is 0.504 e. The van der Waals surface area contributed by atoms with Crippen molar-refractivity contribution in [3.05, 3.63) is 39.8 Å². The molecule has 0 aliphatic rings. The first-order chi connectivity index (χ1) is 10.0. The summed E-state index contributed by atoms with van der Waals surface area (Å²) >= 11 is 1.55. The maximum Gasteiger partial charge on any atom is 0.257 e. The number of hydrogen-bond acceptors (Lipinski definition) is 5. The molecule has 0 atom stereocenters. The van der Waals surface area contributed by atoms with Crippen LogP contribution in [0.4, 0.5) is 0 Å². The minimum atomic E-state index is -0.354. The minimum Gasteiger partial charge on any atom is -0.504 e. The van der Waals surface area contributed by atoms with E-state index in [1.54, 1.807) is 41.5 Å². The molecule has 0 bridgehead atoms. The number of phenols is 2. The maximum atomic E-state index is 12.5. The number of benzene rings is 1. The molecule has 5 nitrogen and oxygen atoms in total. The summed E-state index contributed by atoms with van der Waals surface area (Å²) in [6.07, 6.45) is 2.41. The van der Waals surface area contributed by atoms with Gasteiger partial charge in [0.05, 0.1) is 10.6 Å². The number of thiazole rings is 1. The van der Waals surface area contributed by atoms with Gasteiger partial charge in [0.15, 0.2) is 11.5 Å². The maximum absolute atomic E-state index is 12.5. The van der Waals surface area contributed by atoms with Crippen molar-refractivity contribution in [2.75, 3.05) is 13.1 Å². The molecule has 1 aromatic heterocycles. The molecule has 2 N–H and O–H groups in total. The van der Waals surface area contributed by atoms with E-state index in [1.165, 1.54) is 0 Å². The van der Waals surface area contributed by atoms with Crippen LogP contribution in [-0.4, -0.2) is 39.1 Å². The highest BCUT2D eigenvalue weighted by Crippen LogP contribution is 2.32. The van der Waals surface area contributed by atoms with Crippen LogP contribution in [0.3, 0.4) is 0 Å². The van der Waals surface area contributed by atoms with Crippen LogP contribution in [0, 0.1) is 6.92 Å². The van der Waals surface area contributed by atoms with Crippen molar-refractivity contribution in [3.8, 4) is 11.5 Å². The standard InChI is InChI=1S/C15H18N2O3S/c1-3-17(8-6-12-16-7-9-21-12)15(20)11-5-4-10(2)13(18)14(11)19/h4-5,7,9,18-19H,3,6,8H2,1-2H3. The highest BCUT2D eigenvalue weighted by molar-refractivity contribution is 7.09. The molecule has 2 rings (SSSR count). The Kier molecular flexibility index (Phi) is 4.80. The van der Waals surface area contributed by atoms with E-state index in [4.69, 9.17) is 0 Å². The molecule has 0 saturated carbocycles. The number of aromatic hydroxyl groups is 2. The highest BCUT2D eigenvalue weighted by Gasteiger charge is 2.20. The molecular weight excluding hydrogens is 288 g/mol. The van der Waals surface area contributed by atoms with E-state index in [1.807, 2.05) is 12.3 Å². The lowest BCUT2D eigenvalue weighted by Gasteiger charge is -2.21. The molecule has 1 amide bonds. The van der Waals surface area contributed by atoms with Crippen molar-refractivity contribution >= 4 is 17.2 Å². The summed E-state index contributed by atoms with van der Waals surface area (Å²) < 4.78 is 0. The van der Waals surface area contributed by atoms with Crippen LogP contribution in [0.1, 0.15) is 27.9 Å². The Hall–Kier alpha value is -2.08. The molecule has 0 saturated heterocycles. The Morgan fingerprint density at radius 1 is 1.33 bits per heavy atom. The zero-order valence-electron chi connectivity index (χ0n) is 12.0. The van der Waals surface area contributed by atoms with E-state index in [2.05, 4.69) is 4.98 Å². The third-order valence-corrected chi connectivity index (χ3v) is 4.17. The summed E-state index contributed by atoms with van der Waals surface area (Å²) in [5.74, 6) is -0.883. The van der Waals surface area contributed by atoms with Crippen molar-refractivity contribution in [2.45, 2.75) is 20.3 Å². The highest BCUT2D eigenvalue weighted by atomic mass is 32.1. The zero-order chi connectivity index (χ0) is 15.4. The number of likely N-dealkylation sites (N-methyl/N-ethyl adjacent to an activating group) is 1. The Balaban J connectivity index is 2.14. The first-order valence-corrected chi connectivity index (χ1v) is 7.61. The van der Waals surface area contributed by atoms with E-state index < -0.39 is 0 Å². The van der Waals surface area contributed by atoms with E-state index in [-0.39, 0.29) is 23.0 Å². The quantitative estimate of drug-likeness (QED) is 0.833. The number of hydrogen-bond donors (Lipinski definition) is 2. The monoisotopic (exact) mass is 306 g/mol. The number of aryl methyl sites for hydroxylation is 1. The fourth-order valence-corrected chi connectivity index (χ4v) is 2.64. The molecule has 0 unspecified atom stereocenters. The zero-order valence-corrected chi connectivity index (χ0v) is 12.9. The van der Waals surface area contributed by atoms with Gasteiger partial charge in [-0.15, -0.1) is 11.3 Å². The van der Waals surface area contributed by atoms with Crippen LogP contribution in [0.5, 0.6) is 11.5 Å². The normalized spacial score (nSPS) is 10.6. The molecule has 21 heavy (non-hydrogen) atoms. The van der Waals surface area contributed by atoms with E-state index >= 15 is 0 Å². The number of amides is 1. The lowest BCUT2D eigenvalue weighted by molar-refractivity contribution is 0.0762. The molecule has 6 heteroatoms. The Morgan fingerprint density at radius 3 is 2.71 bits per heavy atom. The summed E-state index contributed by atoms with van der Waals surface area (Å²) in [6.45, 7) is 4.60. The topological polar surface area (TPSA) is 73.7 Å². The first kappa shape index (κ1) is 15.3. The summed E-state index contributed by atoms with van der Waals surface area (Å²) in [4.78, 5) is 18.3. The molecule has 112 valence electrons. The molecular formula is C15H18N2O3S. The Morgan fingerprint density at radius 2 is 2.10 bits per heavy atom.